The van der Waals surface area contributed by atoms with Crippen molar-refractivity contribution in [1.29, 1.82) is 0 Å². The third kappa shape index (κ3) is 1.80. The van der Waals surface area contributed by atoms with Gasteiger partial charge in [0.25, 0.3) is 0 Å². The van der Waals surface area contributed by atoms with Crippen molar-refractivity contribution in [3.05, 3.63) is 125 Å². The average molecular weight is 359 g/mol. The number of hydrogen-bond donors (Lipinski definition) is 1. The van der Waals surface area contributed by atoms with Gasteiger partial charge in [0.1, 0.15) is 0 Å². The summed E-state index contributed by atoms with van der Waals surface area (Å²) in [5, 5.41) is 0. The molecule has 0 bridgehead atoms. The predicted molar refractivity (Wildman–Crippen MR) is 116 cm³/mol. The van der Waals surface area contributed by atoms with Crippen molar-refractivity contribution >= 4 is 5.57 Å². The van der Waals surface area contributed by atoms with Crippen molar-refractivity contribution in [1.82, 2.24) is 0 Å². The van der Waals surface area contributed by atoms with Crippen LogP contribution < -0.4 is 5.73 Å². The Morgan fingerprint density at radius 1 is 0.607 bits per heavy atom. The molecule has 28 heavy (non-hydrogen) atoms. The molecule has 134 valence electrons. The molecule has 0 saturated carbocycles. The van der Waals surface area contributed by atoms with E-state index in [-0.39, 0.29) is 5.41 Å². The van der Waals surface area contributed by atoms with Gasteiger partial charge in [0.05, 0.1) is 11.0 Å². The van der Waals surface area contributed by atoms with Crippen LogP contribution in [-0.4, -0.2) is 5.54 Å². The fraction of sp³-hybridized carbons (Fsp3) is 0.111. The third-order valence-corrected chi connectivity index (χ3v) is 6.49. The summed E-state index contributed by atoms with van der Waals surface area (Å²) in [4.78, 5) is 0. The first kappa shape index (κ1) is 15.9. The van der Waals surface area contributed by atoms with Crippen molar-refractivity contribution in [2.24, 2.45) is 5.73 Å². The topological polar surface area (TPSA) is 26.0 Å². The number of benzene rings is 3. The maximum atomic E-state index is 6.48. The van der Waals surface area contributed by atoms with E-state index in [2.05, 4.69) is 104 Å². The molecule has 0 amide bonds. The summed E-state index contributed by atoms with van der Waals surface area (Å²) < 4.78 is 0. The van der Waals surface area contributed by atoms with E-state index in [0.29, 0.717) is 0 Å². The van der Waals surface area contributed by atoms with Gasteiger partial charge in [0, 0.05) is 0 Å². The van der Waals surface area contributed by atoms with E-state index in [1.54, 1.807) is 0 Å². The fourth-order valence-electron chi connectivity index (χ4n) is 5.33. The molecule has 0 aromatic heterocycles. The maximum absolute atomic E-state index is 6.48. The molecule has 0 radical (unpaired) electrons. The van der Waals surface area contributed by atoms with Gasteiger partial charge in [-0.15, -0.1) is 0 Å². The molecule has 3 aliphatic rings. The van der Waals surface area contributed by atoms with Gasteiger partial charge in [0.15, 0.2) is 0 Å². The molecule has 3 aromatic carbocycles. The van der Waals surface area contributed by atoms with Gasteiger partial charge in [-0.1, -0.05) is 97.1 Å². The summed E-state index contributed by atoms with van der Waals surface area (Å²) >= 11 is 0. The minimum absolute atomic E-state index is 0.277. The third-order valence-electron chi connectivity index (χ3n) is 6.49. The summed E-state index contributed by atoms with van der Waals surface area (Å²) in [6.45, 7) is 2.05. The van der Waals surface area contributed by atoms with E-state index in [0.717, 1.165) is 0 Å². The molecule has 0 heterocycles. The van der Waals surface area contributed by atoms with Crippen molar-refractivity contribution < 1.29 is 0 Å². The molecule has 3 aromatic rings. The van der Waals surface area contributed by atoms with Crippen LogP contribution in [-0.2, 0) is 5.41 Å². The summed E-state index contributed by atoms with van der Waals surface area (Å²) in [7, 11) is 0. The Morgan fingerprint density at radius 3 is 1.68 bits per heavy atom. The molecule has 1 unspecified atom stereocenters. The zero-order valence-corrected chi connectivity index (χ0v) is 15.8. The van der Waals surface area contributed by atoms with Gasteiger partial charge in [-0.3, -0.25) is 0 Å². The highest BCUT2D eigenvalue weighted by molar-refractivity contribution is 5.98. The second-order valence-electron chi connectivity index (χ2n) is 8.25. The zero-order chi connectivity index (χ0) is 18.9. The largest absolute Gasteiger partial charge is 0.319 e. The van der Waals surface area contributed by atoms with Crippen LogP contribution in [0.2, 0.25) is 0 Å². The van der Waals surface area contributed by atoms with Gasteiger partial charge in [-0.2, -0.15) is 0 Å². The normalized spacial score (nSPS) is 22.6. The van der Waals surface area contributed by atoms with Crippen LogP contribution in [0.3, 0.4) is 0 Å². The molecule has 0 saturated heterocycles. The van der Waals surface area contributed by atoms with E-state index >= 15 is 0 Å². The van der Waals surface area contributed by atoms with Crippen LogP contribution >= 0.6 is 0 Å². The fourth-order valence-corrected chi connectivity index (χ4v) is 5.33. The predicted octanol–water partition coefficient (Wildman–Crippen LogP) is 5.61. The van der Waals surface area contributed by atoms with Crippen molar-refractivity contribution in [2.75, 3.05) is 0 Å². The van der Waals surface area contributed by atoms with Crippen LogP contribution in [0.15, 0.2) is 103 Å². The van der Waals surface area contributed by atoms with Gasteiger partial charge >= 0.3 is 0 Å². The Kier molecular flexibility index (Phi) is 2.95. The van der Waals surface area contributed by atoms with Crippen molar-refractivity contribution in [2.45, 2.75) is 17.9 Å². The second kappa shape index (κ2) is 5.21. The number of hydrogen-bond acceptors (Lipinski definition) is 1. The minimum atomic E-state index is -0.446. The van der Waals surface area contributed by atoms with Crippen LogP contribution in [0, 0.1) is 0 Å². The SMILES string of the molecule is CC1(N)C=CC2=C(C=C1)C1(c3ccccc32)c2ccccc2-c2ccccc21. The number of nitrogens with two attached hydrogens (primary N) is 1. The van der Waals surface area contributed by atoms with Crippen LogP contribution in [0.4, 0.5) is 0 Å². The summed E-state index contributed by atoms with van der Waals surface area (Å²) in [5.74, 6) is 0. The maximum Gasteiger partial charge on any atom is 0.0725 e. The quantitative estimate of drug-likeness (QED) is 0.554. The van der Waals surface area contributed by atoms with Crippen molar-refractivity contribution in [3.63, 3.8) is 0 Å². The first-order chi connectivity index (χ1) is 13.6. The molecule has 3 aliphatic carbocycles. The lowest BCUT2D eigenvalue weighted by Gasteiger charge is -2.31. The monoisotopic (exact) mass is 359 g/mol. The molecule has 1 atom stereocenters. The first-order valence-electron chi connectivity index (χ1n) is 9.84. The molecule has 1 nitrogen and oxygen atoms in total. The lowest BCUT2D eigenvalue weighted by Crippen LogP contribution is -2.31. The molecule has 1 spiro atoms. The Labute approximate surface area is 165 Å². The zero-order valence-electron chi connectivity index (χ0n) is 15.8. The number of rotatable bonds is 0. The minimum Gasteiger partial charge on any atom is -0.319 e. The molecule has 0 fully saturated rings. The highest BCUT2D eigenvalue weighted by atomic mass is 14.7. The Morgan fingerprint density at radius 2 is 1.07 bits per heavy atom. The summed E-state index contributed by atoms with van der Waals surface area (Å²) in [6.07, 6.45) is 8.76. The van der Waals surface area contributed by atoms with Gasteiger partial charge in [-0.05, 0) is 51.5 Å². The second-order valence-corrected chi connectivity index (χ2v) is 8.25. The lowest BCUT2D eigenvalue weighted by atomic mass is 9.69. The Bertz CT molecular complexity index is 1190. The average Bonchev–Trinajstić information content (AvgIpc) is 3.11. The Hall–Kier alpha value is -3.16. The summed E-state index contributed by atoms with van der Waals surface area (Å²) in [5.41, 5.74) is 16.4. The lowest BCUT2D eigenvalue weighted by molar-refractivity contribution is 0.730. The molecule has 2 N–H and O–H groups in total. The van der Waals surface area contributed by atoms with Gasteiger partial charge in [0.2, 0.25) is 0 Å². The van der Waals surface area contributed by atoms with Crippen LogP contribution in [0.25, 0.3) is 16.7 Å². The highest BCUT2D eigenvalue weighted by Gasteiger charge is 2.51. The molecule has 6 rings (SSSR count). The van der Waals surface area contributed by atoms with E-state index < -0.39 is 5.54 Å². The van der Waals surface area contributed by atoms with Gasteiger partial charge in [-0.25, -0.2) is 0 Å². The Balaban J connectivity index is 1.81. The molecule has 1 heteroatoms. The smallest absolute Gasteiger partial charge is 0.0725 e. The first-order valence-corrected chi connectivity index (χ1v) is 9.84. The van der Waals surface area contributed by atoms with E-state index in [1.807, 2.05) is 0 Å². The van der Waals surface area contributed by atoms with E-state index in [4.69, 9.17) is 5.73 Å². The number of fused-ring (bicyclic) bond motifs is 9. The standard InChI is InChI=1S/C27H21N/c1-26(28)16-14-21-20-10-4-7-13-24(20)27(25(21)15-17-26)22-11-5-2-8-18(22)19-9-3-6-12-23(19)27/h2-17H,28H2,1H3. The van der Waals surface area contributed by atoms with Crippen LogP contribution in [0.5, 0.6) is 0 Å². The highest BCUT2D eigenvalue weighted by Crippen LogP contribution is 2.62. The van der Waals surface area contributed by atoms with Crippen LogP contribution in [0.1, 0.15) is 29.2 Å². The molecule has 0 aliphatic heterocycles. The van der Waals surface area contributed by atoms with E-state index in [9.17, 15) is 0 Å². The van der Waals surface area contributed by atoms with E-state index in [1.165, 1.54) is 44.5 Å². The molecular formula is C27H21N. The summed E-state index contributed by atoms with van der Waals surface area (Å²) in [6, 6.07) is 26.6. The van der Waals surface area contributed by atoms with Gasteiger partial charge < -0.3 is 5.73 Å². The molecular weight excluding hydrogens is 338 g/mol. The van der Waals surface area contributed by atoms with Crippen molar-refractivity contribution in [3.8, 4) is 11.1 Å². The number of allylic oxidation sites excluding steroid dienone is 4.